The Balaban J connectivity index is 0.00000121. The van der Waals surface area contributed by atoms with Crippen LogP contribution in [0.3, 0.4) is 0 Å². The van der Waals surface area contributed by atoms with Crippen LogP contribution in [0.15, 0.2) is 72.8 Å². The fraction of sp³-hybridized carbons (Fsp3) is 0.448. The Morgan fingerprint density at radius 3 is 1.91 bits per heavy atom. The zero-order valence-corrected chi connectivity index (χ0v) is 21.6. The van der Waals surface area contributed by atoms with Gasteiger partial charge in [0.15, 0.2) is 0 Å². The van der Waals surface area contributed by atoms with Gasteiger partial charge in [-0.15, -0.1) is 6.58 Å². The Morgan fingerprint density at radius 1 is 1.03 bits per heavy atom. The molecule has 2 aromatic rings. The number of anilines is 1. The fourth-order valence-electron chi connectivity index (χ4n) is 3.74. The van der Waals surface area contributed by atoms with E-state index in [1.54, 1.807) is 18.2 Å². The first kappa shape index (κ1) is 31.5. The van der Waals surface area contributed by atoms with Gasteiger partial charge < -0.3 is 15.1 Å². The molecule has 0 bridgehead atoms. The zero-order chi connectivity index (χ0) is 26.1. The number of halogens is 2. The van der Waals surface area contributed by atoms with Crippen LogP contribution in [-0.2, 0) is 0 Å². The molecule has 1 heterocycles. The second-order valence-electron chi connectivity index (χ2n) is 8.13. The SMILES string of the molecule is C/C=C(\C)C1[C@@H](CCC(O)c2ccc(F)cc2)CN1c1ccc(F)cc1.C=CC.CCC.CO. The minimum Gasteiger partial charge on any atom is -0.400 e. The highest BCUT2D eigenvalue weighted by atomic mass is 19.1. The molecule has 190 valence electrons. The number of aliphatic hydroxyl groups excluding tert-OH is 2. The molecule has 3 nitrogen and oxygen atoms in total. The molecular formula is C29H43F2NO2. The van der Waals surface area contributed by atoms with Crippen LogP contribution in [-0.4, -0.2) is 29.9 Å². The molecule has 0 amide bonds. The minimum absolute atomic E-state index is 0.229. The van der Waals surface area contributed by atoms with Crippen LogP contribution in [0.4, 0.5) is 14.5 Å². The van der Waals surface area contributed by atoms with Gasteiger partial charge in [-0.1, -0.05) is 50.1 Å². The van der Waals surface area contributed by atoms with E-state index in [1.165, 1.54) is 36.3 Å². The highest BCUT2D eigenvalue weighted by Gasteiger charge is 2.39. The summed E-state index contributed by atoms with van der Waals surface area (Å²) in [5.74, 6) is -0.0856. The first-order valence-corrected chi connectivity index (χ1v) is 11.9. The topological polar surface area (TPSA) is 43.7 Å². The normalized spacial score (nSPS) is 17.5. The molecule has 3 rings (SSSR count). The maximum Gasteiger partial charge on any atom is 0.123 e. The summed E-state index contributed by atoms with van der Waals surface area (Å²) in [7, 11) is 1.00. The van der Waals surface area contributed by atoms with Gasteiger partial charge in [0.1, 0.15) is 11.6 Å². The van der Waals surface area contributed by atoms with Gasteiger partial charge in [-0.25, -0.2) is 8.78 Å². The summed E-state index contributed by atoms with van der Waals surface area (Å²) in [5.41, 5.74) is 3.05. The van der Waals surface area contributed by atoms with Gasteiger partial charge in [0, 0.05) is 25.3 Å². The Kier molecular flexibility index (Phi) is 16.6. The van der Waals surface area contributed by atoms with E-state index < -0.39 is 6.10 Å². The highest BCUT2D eigenvalue weighted by Crippen LogP contribution is 2.39. The number of benzene rings is 2. The average molecular weight is 476 g/mol. The molecule has 5 heteroatoms. The molecule has 1 fully saturated rings. The van der Waals surface area contributed by atoms with E-state index in [-0.39, 0.29) is 17.7 Å². The molecule has 0 aliphatic carbocycles. The van der Waals surface area contributed by atoms with Crippen molar-refractivity contribution in [2.75, 3.05) is 18.6 Å². The van der Waals surface area contributed by atoms with E-state index in [0.29, 0.717) is 12.3 Å². The Labute approximate surface area is 205 Å². The standard InChI is InChI=1S/C22H25F2NO.C3H8.C3H6.CH4O/c1-3-15(2)22-17(14-25(22)20-11-9-19(24)10-12-20)6-13-21(26)16-4-7-18(23)8-5-16;2*1-3-2;1-2/h3-5,7-12,17,21-22,26H,6,13-14H2,1-2H3;3H2,1-2H3;3H,1H2,2H3;2H,1H3/b15-3+;;;/t17-,21?,22?;;;/m0.../s1. The van der Waals surface area contributed by atoms with Crippen molar-refractivity contribution < 1.29 is 19.0 Å². The molecule has 0 spiro atoms. The number of hydrogen-bond donors (Lipinski definition) is 2. The molecule has 1 aliphatic rings. The lowest BCUT2D eigenvalue weighted by molar-refractivity contribution is 0.147. The molecule has 3 atom stereocenters. The maximum absolute atomic E-state index is 13.2. The molecule has 0 radical (unpaired) electrons. The number of nitrogens with zero attached hydrogens (tertiary/aromatic N) is 1. The first-order chi connectivity index (χ1) is 16.3. The van der Waals surface area contributed by atoms with Gasteiger partial charge >= 0.3 is 0 Å². The van der Waals surface area contributed by atoms with Crippen molar-refractivity contribution in [3.05, 3.63) is 90.0 Å². The largest absolute Gasteiger partial charge is 0.400 e. The molecule has 2 aromatic carbocycles. The van der Waals surface area contributed by atoms with Crippen molar-refractivity contribution in [1.29, 1.82) is 0 Å². The number of rotatable bonds is 6. The van der Waals surface area contributed by atoms with E-state index >= 15 is 0 Å². The molecule has 2 N–H and O–H groups in total. The predicted molar refractivity (Wildman–Crippen MR) is 141 cm³/mol. The van der Waals surface area contributed by atoms with Gasteiger partial charge in [0.25, 0.3) is 0 Å². The molecule has 34 heavy (non-hydrogen) atoms. The Morgan fingerprint density at radius 2 is 1.47 bits per heavy atom. The van der Waals surface area contributed by atoms with Crippen molar-refractivity contribution in [2.24, 2.45) is 5.92 Å². The van der Waals surface area contributed by atoms with Crippen LogP contribution >= 0.6 is 0 Å². The zero-order valence-electron chi connectivity index (χ0n) is 21.6. The van der Waals surface area contributed by atoms with Crippen molar-refractivity contribution in [3.63, 3.8) is 0 Å². The van der Waals surface area contributed by atoms with Gasteiger partial charge in [0.2, 0.25) is 0 Å². The molecular weight excluding hydrogens is 432 g/mol. The summed E-state index contributed by atoms with van der Waals surface area (Å²) >= 11 is 0. The smallest absolute Gasteiger partial charge is 0.123 e. The van der Waals surface area contributed by atoms with Crippen LogP contribution in [0.2, 0.25) is 0 Å². The summed E-state index contributed by atoms with van der Waals surface area (Å²) in [5, 5.41) is 17.4. The van der Waals surface area contributed by atoms with Gasteiger partial charge in [-0.3, -0.25) is 0 Å². The quantitative estimate of drug-likeness (QED) is 0.426. The summed E-state index contributed by atoms with van der Waals surface area (Å²) in [6, 6.07) is 12.9. The van der Waals surface area contributed by atoms with Crippen molar-refractivity contribution in [1.82, 2.24) is 0 Å². The minimum atomic E-state index is -0.581. The van der Waals surface area contributed by atoms with Crippen LogP contribution in [0.5, 0.6) is 0 Å². The summed E-state index contributed by atoms with van der Waals surface area (Å²) in [6.45, 7) is 14.5. The van der Waals surface area contributed by atoms with Crippen LogP contribution < -0.4 is 4.90 Å². The van der Waals surface area contributed by atoms with E-state index in [2.05, 4.69) is 38.3 Å². The van der Waals surface area contributed by atoms with Crippen LogP contribution in [0, 0.1) is 17.6 Å². The first-order valence-electron chi connectivity index (χ1n) is 11.9. The van der Waals surface area contributed by atoms with Crippen molar-refractivity contribution in [3.8, 4) is 0 Å². The lowest BCUT2D eigenvalue weighted by atomic mass is 9.79. The number of hydrogen-bond acceptors (Lipinski definition) is 3. The third kappa shape index (κ3) is 10.2. The molecule has 2 unspecified atom stereocenters. The monoisotopic (exact) mass is 475 g/mol. The highest BCUT2D eigenvalue weighted by molar-refractivity contribution is 5.53. The van der Waals surface area contributed by atoms with Crippen LogP contribution in [0.1, 0.15) is 65.5 Å². The lowest BCUT2D eigenvalue weighted by Crippen LogP contribution is -2.57. The molecule has 1 aliphatic heterocycles. The Hall–Kier alpha value is -2.50. The van der Waals surface area contributed by atoms with Crippen LogP contribution in [0.25, 0.3) is 0 Å². The maximum atomic E-state index is 13.2. The van der Waals surface area contributed by atoms with E-state index in [9.17, 15) is 13.9 Å². The van der Waals surface area contributed by atoms with Crippen molar-refractivity contribution >= 4 is 5.69 Å². The van der Waals surface area contributed by atoms with E-state index in [0.717, 1.165) is 31.3 Å². The third-order valence-corrected chi connectivity index (χ3v) is 5.36. The number of aliphatic hydroxyl groups is 2. The summed E-state index contributed by atoms with van der Waals surface area (Å²) in [4.78, 5) is 2.28. The van der Waals surface area contributed by atoms with Gasteiger partial charge in [-0.05, 0) is 75.6 Å². The average Bonchev–Trinajstić information content (AvgIpc) is 2.82. The molecule has 0 saturated carbocycles. The Bertz CT molecular complexity index is 819. The lowest BCUT2D eigenvalue weighted by Gasteiger charge is -2.51. The summed E-state index contributed by atoms with van der Waals surface area (Å²) in [6.07, 6.45) is 6.05. The van der Waals surface area contributed by atoms with E-state index in [1.807, 2.05) is 26.0 Å². The molecule has 1 saturated heterocycles. The third-order valence-electron chi connectivity index (χ3n) is 5.36. The second-order valence-corrected chi connectivity index (χ2v) is 8.13. The van der Waals surface area contributed by atoms with E-state index in [4.69, 9.17) is 5.11 Å². The summed E-state index contributed by atoms with van der Waals surface area (Å²) < 4.78 is 26.2. The predicted octanol–water partition coefficient (Wildman–Crippen LogP) is 7.47. The van der Waals surface area contributed by atoms with Gasteiger partial charge in [0.05, 0.1) is 12.1 Å². The van der Waals surface area contributed by atoms with Gasteiger partial charge in [-0.2, -0.15) is 0 Å². The number of allylic oxidation sites excluding steroid dienone is 2. The van der Waals surface area contributed by atoms with Crippen molar-refractivity contribution in [2.45, 2.75) is 66.0 Å². The molecule has 0 aromatic heterocycles. The fourth-order valence-corrected chi connectivity index (χ4v) is 3.74. The second kappa shape index (κ2) is 17.9.